The topological polar surface area (TPSA) is 82.3 Å². The summed E-state index contributed by atoms with van der Waals surface area (Å²) in [4.78, 5) is 30.2. The summed E-state index contributed by atoms with van der Waals surface area (Å²) in [6.07, 6.45) is 0.345. The third-order valence-electron chi connectivity index (χ3n) is 4.21. The average molecular weight is 412 g/mol. The Balaban J connectivity index is 1.30. The zero-order valence-electron chi connectivity index (χ0n) is 15.0. The second-order valence-corrected chi connectivity index (χ2v) is 8.13. The number of nitrogens with zero attached hydrogens (tertiary/aromatic N) is 2. The minimum absolute atomic E-state index is 0.0742. The third-order valence-corrected chi connectivity index (χ3v) is 6.39. The molecule has 0 unspecified atom stereocenters. The highest BCUT2D eigenvalue weighted by atomic mass is 32.1. The van der Waals surface area contributed by atoms with Gasteiger partial charge in [0.25, 0.3) is 0 Å². The van der Waals surface area contributed by atoms with E-state index in [0.29, 0.717) is 16.6 Å². The van der Waals surface area contributed by atoms with Crippen molar-refractivity contribution in [2.75, 3.05) is 6.61 Å². The van der Waals surface area contributed by atoms with E-state index in [1.54, 1.807) is 0 Å². The first kappa shape index (κ1) is 18.5. The predicted molar refractivity (Wildman–Crippen MR) is 108 cm³/mol. The number of hydrogen-bond donors (Lipinski definition) is 0. The van der Waals surface area contributed by atoms with Crippen LogP contribution in [0, 0.1) is 6.92 Å². The molecule has 4 rings (SSSR count). The molecule has 0 aliphatic rings. The van der Waals surface area contributed by atoms with E-state index in [2.05, 4.69) is 10.1 Å². The van der Waals surface area contributed by atoms with Crippen LogP contribution in [0.4, 0.5) is 0 Å². The number of aromatic nitrogens is 2. The normalized spacial score (nSPS) is 11.0. The Labute approximate surface area is 168 Å². The van der Waals surface area contributed by atoms with Crippen LogP contribution in [-0.2, 0) is 16.0 Å². The number of carbonyl (C=O) groups excluding carboxylic acids is 2. The molecule has 0 aliphatic carbocycles. The van der Waals surface area contributed by atoms with E-state index in [9.17, 15) is 9.59 Å². The van der Waals surface area contributed by atoms with Gasteiger partial charge in [-0.25, -0.2) is 0 Å². The number of benzene rings is 1. The fraction of sp³-hybridized carbons (Fsp3) is 0.200. The minimum atomic E-state index is -0.469. The van der Waals surface area contributed by atoms with Gasteiger partial charge in [-0.05, 0) is 35.4 Å². The molecule has 0 fully saturated rings. The molecule has 6 nitrogen and oxygen atoms in total. The first-order chi connectivity index (χ1) is 13.6. The second-order valence-electron chi connectivity index (χ2n) is 6.13. The molecule has 142 valence electrons. The van der Waals surface area contributed by atoms with Crippen LogP contribution >= 0.6 is 22.7 Å². The highest BCUT2D eigenvalue weighted by Gasteiger charge is 2.18. The van der Waals surface area contributed by atoms with Crippen molar-refractivity contribution in [1.82, 2.24) is 10.1 Å². The van der Waals surface area contributed by atoms with Gasteiger partial charge in [-0.2, -0.15) is 4.98 Å². The second kappa shape index (κ2) is 8.04. The Morgan fingerprint density at radius 1 is 1.18 bits per heavy atom. The smallest absolute Gasteiger partial charge is 0.306 e. The Morgan fingerprint density at radius 3 is 2.82 bits per heavy atom. The largest absolute Gasteiger partial charge is 0.457 e. The zero-order valence-corrected chi connectivity index (χ0v) is 16.6. The molecular formula is C20H16N2O4S2. The standard InChI is InChI=1S/C20H16N2O4S2/c1-12-13-5-2-3-6-15(13)28-19(12)14(23)11-25-18(24)9-8-17-21-20(22-26-17)16-7-4-10-27-16/h2-7,10H,8-9,11H2,1H3. The average Bonchev–Trinajstić information content (AvgIpc) is 3.45. The van der Waals surface area contributed by atoms with Gasteiger partial charge in [-0.3, -0.25) is 9.59 Å². The van der Waals surface area contributed by atoms with Gasteiger partial charge >= 0.3 is 5.97 Å². The molecule has 0 spiro atoms. The van der Waals surface area contributed by atoms with E-state index in [1.165, 1.54) is 22.7 Å². The SMILES string of the molecule is Cc1c(C(=O)COC(=O)CCc2nc(-c3cccs3)no2)sc2ccccc12. The van der Waals surface area contributed by atoms with Crippen molar-refractivity contribution in [3.05, 3.63) is 58.1 Å². The number of fused-ring (bicyclic) bond motifs is 1. The lowest BCUT2D eigenvalue weighted by molar-refractivity contribution is -0.142. The molecule has 1 aromatic carbocycles. The number of ether oxygens (including phenoxy) is 1. The summed E-state index contributed by atoms with van der Waals surface area (Å²) in [6.45, 7) is 1.64. The van der Waals surface area contributed by atoms with Crippen LogP contribution in [0.2, 0.25) is 0 Å². The molecule has 3 heterocycles. The summed E-state index contributed by atoms with van der Waals surface area (Å²) >= 11 is 2.93. The van der Waals surface area contributed by atoms with E-state index in [-0.39, 0.29) is 25.2 Å². The number of Topliss-reactive ketones (excluding diaryl/α,β-unsaturated/α-hetero) is 1. The lowest BCUT2D eigenvalue weighted by Crippen LogP contribution is -2.14. The molecule has 0 aliphatic heterocycles. The zero-order chi connectivity index (χ0) is 19.5. The number of rotatable bonds is 7. The van der Waals surface area contributed by atoms with Crippen LogP contribution in [0.25, 0.3) is 20.8 Å². The monoisotopic (exact) mass is 412 g/mol. The lowest BCUT2D eigenvalue weighted by Gasteiger charge is -2.03. The lowest BCUT2D eigenvalue weighted by atomic mass is 10.1. The molecule has 0 bridgehead atoms. The van der Waals surface area contributed by atoms with E-state index in [1.807, 2.05) is 48.7 Å². The van der Waals surface area contributed by atoms with Crippen LogP contribution < -0.4 is 0 Å². The predicted octanol–water partition coefficient (Wildman–Crippen LogP) is 4.68. The Hall–Kier alpha value is -2.84. The molecule has 0 radical (unpaired) electrons. The minimum Gasteiger partial charge on any atom is -0.457 e. The van der Waals surface area contributed by atoms with E-state index < -0.39 is 5.97 Å². The summed E-state index contributed by atoms with van der Waals surface area (Å²) < 4.78 is 11.3. The number of thiophene rings is 2. The number of hydrogen-bond acceptors (Lipinski definition) is 8. The Morgan fingerprint density at radius 2 is 2.04 bits per heavy atom. The number of esters is 1. The van der Waals surface area contributed by atoms with Gasteiger partial charge in [0.2, 0.25) is 17.5 Å². The summed E-state index contributed by atoms with van der Waals surface area (Å²) in [5, 5.41) is 6.88. The maximum atomic E-state index is 12.4. The van der Waals surface area contributed by atoms with Gasteiger partial charge in [-0.1, -0.05) is 29.4 Å². The van der Waals surface area contributed by atoms with E-state index in [4.69, 9.17) is 9.26 Å². The van der Waals surface area contributed by atoms with Crippen LogP contribution in [0.15, 0.2) is 46.3 Å². The van der Waals surface area contributed by atoms with Crippen molar-refractivity contribution in [2.24, 2.45) is 0 Å². The fourth-order valence-corrected chi connectivity index (χ4v) is 4.58. The fourth-order valence-electron chi connectivity index (χ4n) is 2.80. The van der Waals surface area contributed by atoms with Crippen molar-refractivity contribution in [3.63, 3.8) is 0 Å². The maximum absolute atomic E-state index is 12.4. The van der Waals surface area contributed by atoms with Crippen molar-refractivity contribution in [3.8, 4) is 10.7 Å². The molecule has 3 aromatic heterocycles. The molecule has 0 amide bonds. The van der Waals surface area contributed by atoms with Crippen molar-refractivity contribution in [1.29, 1.82) is 0 Å². The van der Waals surface area contributed by atoms with Gasteiger partial charge < -0.3 is 9.26 Å². The Bertz CT molecular complexity index is 1130. The van der Waals surface area contributed by atoms with Gasteiger partial charge in [0.05, 0.1) is 16.2 Å². The van der Waals surface area contributed by atoms with E-state index >= 15 is 0 Å². The molecule has 0 saturated heterocycles. The van der Waals surface area contributed by atoms with Crippen LogP contribution in [0.1, 0.15) is 27.5 Å². The van der Waals surface area contributed by atoms with Crippen molar-refractivity contribution in [2.45, 2.75) is 19.8 Å². The molecule has 4 aromatic rings. The van der Waals surface area contributed by atoms with Gasteiger partial charge in [0.15, 0.2) is 6.61 Å². The van der Waals surface area contributed by atoms with Gasteiger partial charge in [0, 0.05) is 11.1 Å². The number of ketones is 1. The third kappa shape index (κ3) is 3.88. The van der Waals surface area contributed by atoms with Crippen molar-refractivity contribution >= 4 is 44.5 Å². The number of aryl methyl sites for hydroxylation is 2. The van der Waals surface area contributed by atoms with Crippen molar-refractivity contribution < 1.29 is 18.8 Å². The quantitative estimate of drug-likeness (QED) is 0.324. The molecule has 0 N–H and O–H groups in total. The van der Waals surface area contributed by atoms with Gasteiger partial charge in [-0.15, -0.1) is 22.7 Å². The van der Waals surface area contributed by atoms with Crippen LogP contribution in [0.3, 0.4) is 0 Å². The van der Waals surface area contributed by atoms with Crippen LogP contribution in [-0.4, -0.2) is 28.5 Å². The Kier molecular flexibility index (Phi) is 5.31. The summed E-state index contributed by atoms with van der Waals surface area (Å²) in [5.74, 6) is 0.216. The highest BCUT2D eigenvalue weighted by Crippen LogP contribution is 2.30. The highest BCUT2D eigenvalue weighted by molar-refractivity contribution is 7.21. The molecule has 0 atom stereocenters. The van der Waals surface area contributed by atoms with Gasteiger partial charge in [0.1, 0.15) is 0 Å². The first-order valence-corrected chi connectivity index (χ1v) is 10.3. The van der Waals surface area contributed by atoms with E-state index in [0.717, 1.165) is 20.5 Å². The first-order valence-electron chi connectivity index (χ1n) is 8.65. The summed E-state index contributed by atoms with van der Waals surface area (Å²) in [6, 6.07) is 11.6. The summed E-state index contributed by atoms with van der Waals surface area (Å²) in [7, 11) is 0. The molecule has 0 saturated carbocycles. The number of carbonyl (C=O) groups is 2. The maximum Gasteiger partial charge on any atom is 0.306 e. The molecule has 8 heteroatoms. The summed E-state index contributed by atoms with van der Waals surface area (Å²) in [5.41, 5.74) is 0.925. The van der Waals surface area contributed by atoms with Crippen LogP contribution in [0.5, 0.6) is 0 Å². The molecular weight excluding hydrogens is 396 g/mol. The molecule has 28 heavy (non-hydrogen) atoms.